The molecule has 0 spiro atoms. The van der Waals surface area contributed by atoms with Crippen molar-refractivity contribution in [3.63, 3.8) is 0 Å². The molecule has 84 valence electrons. The lowest BCUT2D eigenvalue weighted by Crippen LogP contribution is -2.37. The molecule has 0 saturated carbocycles. The molecule has 0 bridgehead atoms. The average Bonchev–Trinajstić information content (AvgIpc) is 2.87. The summed E-state index contributed by atoms with van der Waals surface area (Å²) in [5, 5.41) is 0. The Kier molecular flexibility index (Phi) is 3.05. The summed E-state index contributed by atoms with van der Waals surface area (Å²) in [5.74, 6) is -0.0353. The second kappa shape index (κ2) is 5.20. The highest BCUT2D eigenvalue weighted by Crippen LogP contribution is 2.16. The van der Waals surface area contributed by atoms with Crippen LogP contribution in [0.2, 0.25) is 6.04 Å². The molecule has 5 nitrogen and oxygen atoms in total. The fourth-order valence-electron chi connectivity index (χ4n) is 1.44. The van der Waals surface area contributed by atoms with Gasteiger partial charge in [0.2, 0.25) is 0 Å². The lowest BCUT2D eigenvalue weighted by atomic mass is 10.2. The van der Waals surface area contributed by atoms with E-state index in [0.717, 1.165) is 19.4 Å². The van der Waals surface area contributed by atoms with Crippen LogP contribution in [0.1, 0.15) is 19.8 Å². The molecule has 6 heteroatoms. The van der Waals surface area contributed by atoms with Gasteiger partial charge in [-0.05, 0) is 12.3 Å². The van der Waals surface area contributed by atoms with Crippen LogP contribution >= 0.6 is 0 Å². The maximum atomic E-state index is 6.81. The summed E-state index contributed by atoms with van der Waals surface area (Å²) in [6, 6.07) is 0.191. The standard InChI is InChI=1S/C8H18O5Si/c1-7(6-14(9,10)11)5-13-8-3-2-4-12-8/h7-11H,2-6H2,1H3/i9T,10T,11T. The van der Waals surface area contributed by atoms with Gasteiger partial charge >= 0.3 is 8.80 Å². The van der Waals surface area contributed by atoms with Crippen LogP contribution in [0.3, 0.4) is 0 Å². The highest BCUT2D eigenvalue weighted by molar-refractivity contribution is 6.56. The van der Waals surface area contributed by atoms with Crippen LogP contribution in [0, 0.1) is 5.92 Å². The molecule has 1 aliphatic rings. The van der Waals surface area contributed by atoms with E-state index in [1.165, 1.54) is 0 Å². The quantitative estimate of drug-likeness (QED) is 0.497. The molecule has 1 heterocycles. The molecule has 14 heavy (non-hydrogen) atoms. The Morgan fingerprint density at radius 2 is 2.43 bits per heavy atom. The summed E-state index contributed by atoms with van der Waals surface area (Å²) in [6.45, 7) is 2.97. The molecule has 1 rings (SSSR count). The Morgan fingerprint density at radius 3 is 3.00 bits per heavy atom. The molecule has 0 aromatic carbocycles. The molecule has 3 N–H and O–H groups in total. The van der Waals surface area contributed by atoms with Crippen LogP contribution < -0.4 is 0 Å². The van der Waals surface area contributed by atoms with E-state index < -0.39 is 8.80 Å². The van der Waals surface area contributed by atoms with E-state index in [-0.39, 0.29) is 18.3 Å². The van der Waals surface area contributed by atoms with Crippen LogP contribution in [0.25, 0.3) is 0 Å². The maximum Gasteiger partial charge on any atom is 0.493 e. The van der Waals surface area contributed by atoms with Crippen molar-refractivity contribution in [3.8, 4) is 0 Å². The van der Waals surface area contributed by atoms with Crippen LogP contribution in [0.5, 0.6) is 0 Å². The highest BCUT2D eigenvalue weighted by atomic mass is 28.4. The first kappa shape index (κ1) is 8.20. The molecule has 0 aromatic rings. The van der Waals surface area contributed by atoms with E-state index >= 15 is 0 Å². The zero-order valence-corrected chi connectivity index (χ0v) is 9.23. The molecule has 2 atom stereocenters. The molecule has 1 aliphatic heterocycles. The van der Waals surface area contributed by atoms with Crippen LogP contribution in [0.4, 0.5) is 0 Å². The van der Waals surface area contributed by atoms with Crippen molar-refractivity contribution in [3.05, 3.63) is 0 Å². The summed E-state index contributed by atoms with van der Waals surface area (Å²) < 4.78 is 31.2. The summed E-state index contributed by atoms with van der Waals surface area (Å²) in [4.78, 5) is 12.8. The second-order valence-corrected chi connectivity index (χ2v) is 5.54. The molecule has 0 aromatic heterocycles. The van der Waals surface area contributed by atoms with Gasteiger partial charge in [0.05, 0.1) is 6.61 Å². The molecule has 2 unspecified atom stereocenters. The highest BCUT2D eigenvalue weighted by Gasteiger charge is 2.30. The molecular weight excluding hydrogens is 204 g/mol. The minimum absolute atomic E-state index is 0.0353. The minimum atomic E-state index is -3.48. The van der Waals surface area contributed by atoms with Crippen molar-refractivity contribution in [1.82, 2.24) is 0 Å². The van der Waals surface area contributed by atoms with E-state index in [1.54, 1.807) is 0 Å². The first-order valence-corrected chi connectivity index (χ1v) is 6.75. The lowest BCUT2D eigenvalue weighted by Gasteiger charge is -2.18. The third-order valence-corrected chi connectivity index (χ3v) is 3.25. The Morgan fingerprint density at radius 1 is 1.64 bits per heavy atom. The number of hydrogen-bond acceptors (Lipinski definition) is 5. The Balaban J connectivity index is 2.28. The Bertz CT molecular complexity index is 205. The normalized spacial score (nSPS) is 28.1. The van der Waals surface area contributed by atoms with Gasteiger partial charge in [-0.3, -0.25) is 0 Å². The first-order valence-electron chi connectivity index (χ1n) is 6.04. The molecule has 0 amide bonds. The molecule has 1 fully saturated rings. The van der Waals surface area contributed by atoms with Gasteiger partial charge in [-0.15, -0.1) is 0 Å². The minimum Gasteiger partial charge on any atom is -0.390 e. The Hall–Kier alpha value is 0.0169. The fourth-order valence-corrected chi connectivity index (χ4v) is 2.41. The van der Waals surface area contributed by atoms with Gasteiger partial charge in [-0.1, -0.05) is 6.92 Å². The molecule has 1 saturated heterocycles. The number of rotatable bonds is 8. The average molecular weight is 228 g/mol. The van der Waals surface area contributed by atoms with Crippen molar-refractivity contribution < 1.29 is 23.9 Å². The van der Waals surface area contributed by atoms with Crippen LogP contribution in [0.15, 0.2) is 0 Å². The van der Waals surface area contributed by atoms with E-state index in [2.05, 4.69) is 14.4 Å². The zero-order valence-electron chi connectivity index (χ0n) is 11.2. The largest absolute Gasteiger partial charge is 0.493 e. The molecule has 0 aliphatic carbocycles. The predicted octanol–water partition coefficient (Wildman–Crippen LogP) is -0.309. The van der Waals surface area contributed by atoms with Gasteiger partial charge in [-0.25, -0.2) is 0 Å². The van der Waals surface area contributed by atoms with Crippen molar-refractivity contribution in [2.24, 2.45) is 5.92 Å². The third-order valence-electron chi connectivity index (χ3n) is 2.05. The summed E-state index contributed by atoms with van der Waals surface area (Å²) in [7, 11) is -3.48. The summed E-state index contributed by atoms with van der Waals surface area (Å²) in [6.07, 6.45) is 1.71. The lowest BCUT2D eigenvalue weighted by molar-refractivity contribution is -0.118. The van der Waals surface area contributed by atoms with E-state index in [4.69, 9.17) is 13.8 Å². The van der Waals surface area contributed by atoms with Gasteiger partial charge in [0.25, 0.3) is 0 Å². The number of ether oxygens (including phenoxy) is 2. The van der Waals surface area contributed by atoms with E-state index in [9.17, 15) is 0 Å². The topological polar surface area (TPSA) is 79.2 Å². The first-order chi connectivity index (χ1) is 8.15. The third kappa shape index (κ3) is 5.04. The maximum absolute atomic E-state index is 6.81. The van der Waals surface area contributed by atoms with Gasteiger partial charge in [0.15, 0.2) is 10.6 Å². The van der Waals surface area contributed by atoms with Crippen LogP contribution in [-0.4, -0.2) is 47.0 Å². The van der Waals surface area contributed by atoms with E-state index in [0.29, 0.717) is 6.61 Å². The summed E-state index contributed by atoms with van der Waals surface area (Å²) in [5.41, 5.74) is 0. The van der Waals surface area contributed by atoms with Crippen LogP contribution in [-0.2, 0) is 9.47 Å². The van der Waals surface area contributed by atoms with Crippen molar-refractivity contribution in [2.45, 2.75) is 32.1 Å². The summed E-state index contributed by atoms with van der Waals surface area (Å²) >= 11 is 0. The van der Waals surface area contributed by atoms with Crippen molar-refractivity contribution in [2.75, 3.05) is 13.2 Å². The molecule has 0 radical (unpaired) electrons. The van der Waals surface area contributed by atoms with Crippen molar-refractivity contribution in [1.29, 1.82) is 4.29 Å². The van der Waals surface area contributed by atoms with Gasteiger partial charge in [-0.2, -0.15) is 0 Å². The van der Waals surface area contributed by atoms with Gasteiger partial charge in [0, 0.05) is 19.1 Å². The monoisotopic (exact) mass is 228 g/mol. The zero-order chi connectivity index (χ0) is 12.7. The molecular formula is C8H18O5Si. The fraction of sp³-hybridized carbons (Fsp3) is 1.00. The predicted molar refractivity (Wildman–Crippen MR) is 51.3 cm³/mol. The van der Waals surface area contributed by atoms with Crippen molar-refractivity contribution >= 4 is 8.80 Å². The van der Waals surface area contributed by atoms with E-state index in [1.807, 2.05) is 6.92 Å². The van der Waals surface area contributed by atoms with Gasteiger partial charge in [0.1, 0.15) is 0 Å². The SMILES string of the molecule is [3H]O[Si](CC(C)COC1CCCO1)(O[3H])O[3H]. The van der Waals surface area contributed by atoms with Gasteiger partial charge < -0.3 is 23.9 Å². The second-order valence-electron chi connectivity index (χ2n) is 3.77. The smallest absolute Gasteiger partial charge is 0.390 e. The number of hydrogen-bond donors (Lipinski definition) is 3. The Labute approximate surface area is 89.1 Å².